The molecule has 2 rings (SSSR count). The van der Waals surface area contributed by atoms with Crippen molar-refractivity contribution in [1.29, 1.82) is 0 Å². The van der Waals surface area contributed by atoms with Gasteiger partial charge in [-0.3, -0.25) is 0 Å². The molecule has 2 aliphatic heterocycles. The number of rotatable bonds is 0. The van der Waals surface area contributed by atoms with Gasteiger partial charge in [0.2, 0.25) is 0 Å². The molecule has 4 N–H and O–H groups in total. The molecular weight excluding hydrogens is 280 g/mol. The van der Waals surface area contributed by atoms with Crippen LogP contribution in [0, 0.1) is 0 Å². The van der Waals surface area contributed by atoms with Crippen LogP contribution < -0.4 is 10.6 Å². The molecule has 6 nitrogen and oxygen atoms in total. The summed E-state index contributed by atoms with van der Waals surface area (Å²) in [5, 5.41) is 29.0. The third kappa shape index (κ3) is 4.40. The Morgan fingerprint density at radius 2 is 0.727 bits per heavy atom. The maximum absolute atomic E-state index is 9.76. The molecule has 22 heavy (non-hydrogen) atoms. The first-order valence-corrected chi connectivity index (χ1v) is 8.12. The molecule has 0 unspecified atom stereocenters. The highest BCUT2D eigenvalue weighted by atomic mass is 16.5. The lowest BCUT2D eigenvalue weighted by Crippen LogP contribution is -2.66. The van der Waals surface area contributed by atoms with E-state index in [1.165, 1.54) is 10.1 Å². The largest absolute Gasteiger partial charge is 0.313 e. The lowest BCUT2D eigenvalue weighted by molar-refractivity contribution is -0.234. The predicted octanol–water partition coefficient (Wildman–Crippen LogP) is 1.68. The first-order valence-electron chi connectivity index (χ1n) is 8.12. The van der Waals surface area contributed by atoms with Crippen molar-refractivity contribution in [3.8, 4) is 0 Å². The highest BCUT2D eigenvalue weighted by Crippen LogP contribution is 2.26. The minimum atomic E-state index is -0.151. The fraction of sp³-hybridized carbons (Fsp3) is 1.00. The molecule has 2 saturated heterocycles. The first kappa shape index (κ1) is 19.8. The first-order chi connectivity index (χ1) is 9.72. The molecule has 0 atom stereocenters. The van der Waals surface area contributed by atoms with Crippen LogP contribution >= 0.6 is 0 Å². The number of hydroxylamine groups is 4. The van der Waals surface area contributed by atoms with Crippen LogP contribution in [-0.4, -0.2) is 68.9 Å². The summed E-state index contributed by atoms with van der Waals surface area (Å²) in [6, 6.07) is 0. The molecule has 0 bridgehead atoms. The van der Waals surface area contributed by atoms with Crippen LogP contribution in [0.5, 0.6) is 0 Å². The molecule has 0 aromatic rings. The van der Waals surface area contributed by atoms with Gasteiger partial charge in [-0.25, -0.2) is 0 Å². The topological polar surface area (TPSA) is 71.0 Å². The normalized spacial score (nSPS) is 30.3. The van der Waals surface area contributed by atoms with Gasteiger partial charge in [0.05, 0.1) is 22.2 Å². The van der Waals surface area contributed by atoms with Crippen LogP contribution in [0.3, 0.4) is 0 Å². The number of hydrogen-bond acceptors (Lipinski definition) is 6. The second kappa shape index (κ2) is 6.34. The van der Waals surface area contributed by atoms with Crippen molar-refractivity contribution < 1.29 is 10.4 Å². The van der Waals surface area contributed by atoms with E-state index in [2.05, 4.69) is 10.6 Å². The Labute approximate surface area is 135 Å². The highest BCUT2D eigenvalue weighted by Gasteiger charge is 2.41. The number of nitrogens with zero attached hydrogens (tertiary/aromatic N) is 2. The van der Waals surface area contributed by atoms with Crippen molar-refractivity contribution >= 4 is 0 Å². The van der Waals surface area contributed by atoms with Crippen molar-refractivity contribution in [3.63, 3.8) is 0 Å². The molecule has 2 aliphatic rings. The van der Waals surface area contributed by atoms with Gasteiger partial charge in [0.25, 0.3) is 0 Å². The monoisotopic (exact) mass is 316 g/mol. The van der Waals surface area contributed by atoms with Gasteiger partial charge in [-0.05, 0) is 55.4 Å². The molecule has 0 spiro atoms. The maximum Gasteiger partial charge on any atom is 0.0535 e. The Morgan fingerprint density at radius 1 is 0.545 bits per heavy atom. The molecular formula is C16H36N4O2. The van der Waals surface area contributed by atoms with Gasteiger partial charge in [-0.15, -0.1) is 0 Å². The van der Waals surface area contributed by atoms with Crippen molar-refractivity contribution in [2.75, 3.05) is 26.2 Å². The Hall–Kier alpha value is -0.240. The van der Waals surface area contributed by atoms with Gasteiger partial charge in [-0.1, -0.05) is 0 Å². The molecule has 2 heterocycles. The summed E-state index contributed by atoms with van der Waals surface area (Å²) < 4.78 is 0. The Kier molecular flexibility index (Phi) is 5.71. The van der Waals surface area contributed by atoms with E-state index >= 15 is 0 Å². The van der Waals surface area contributed by atoms with Gasteiger partial charge in [0.1, 0.15) is 0 Å². The van der Waals surface area contributed by atoms with Gasteiger partial charge in [0, 0.05) is 26.2 Å². The fourth-order valence-electron chi connectivity index (χ4n) is 3.29. The van der Waals surface area contributed by atoms with E-state index in [0.29, 0.717) is 0 Å². The summed E-state index contributed by atoms with van der Waals surface area (Å²) in [4.78, 5) is 0. The zero-order valence-electron chi connectivity index (χ0n) is 15.6. The Balaban J connectivity index is 0.000000220. The van der Waals surface area contributed by atoms with Crippen LogP contribution in [-0.2, 0) is 0 Å². The second-order valence-corrected chi connectivity index (χ2v) is 9.08. The van der Waals surface area contributed by atoms with Gasteiger partial charge in [0.15, 0.2) is 0 Å². The lowest BCUT2D eigenvalue weighted by atomic mass is 9.92. The highest BCUT2D eigenvalue weighted by molar-refractivity contribution is 4.95. The summed E-state index contributed by atoms with van der Waals surface area (Å²) in [7, 11) is 0. The molecule has 0 aliphatic carbocycles. The van der Waals surface area contributed by atoms with E-state index in [9.17, 15) is 10.4 Å². The Morgan fingerprint density at radius 3 is 0.864 bits per heavy atom. The Bertz CT molecular complexity index is 312. The number of nitrogens with one attached hydrogen (secondary N) is 2. The molecule has 6 heteroatoms. The van der Waals surface area contributed by atoms with E-state index in [1.54, 1.807) is 0 Å². The molecule has 132 valence electrons. The van der Waals surface area contributed by atoms with Gasteiger partial charge in [-0.2, -0.15) is 10.1 Å². The molecule has 2 fully saturated rings. The summed E-state index contributed by atoms with van der Waals surface area (Å²) in [6.45, 7) is 19.6. The quantitative estimate of drug-likeness (QED) is 0.545. The third-order valence-corrected chi connectivity index (χ3v) is 4.52. The molecule has 0 amide bonds. The number of piperazine rings is 2. The van der Waals surface area contributed by atoms with Crippen LogP contribution in [0.1, 0.15) is 55.4 Å². The zero-order chi connectivity index (χ0) is 17.4. The molecule has 0 radical (unpaired) electrons. The maximum atomic E-state index is 9.76. The minimum absolute atomic E-state index is 0.151. The second-order valence-electron chi connectivity index (χ2n) is 9.08. The zero-order valence-corrected chi connectivity index (χ0v) is 15.6. The van der Waals surface area contributed by atoms with E-state index < -0.39 is 0 Å². The van der Waals surface area contributed by atoms with E-state index in [-0.39, 0.29) is 22.2 Å². The fourth-order valence-corrected chi connectivity index (χ4v) is 3.29. The van der Waals surface area contributed by atoms with Gasteiger partial charge < -0.3 is 21.0 Å². The van der Waals surface area contributed by atoms with E-state index in [1.807, 2.05) is 55.4 Å². The van der Waals surface area contributed by atoms with Crippen molar-refractivity contribution in [2.24, 2.45) is 0 Å². The van der Waals surface area contributed by atoms with Crippen molar-refractivity contribution in [3.05, 3.63) is 0 Å². The predicted molar refractivity (Wildman–Crippen MR) is 89.3 cm³/mol. The van der Waals surface area contributed by atoms with Crippen LogP contribution in [0.25, 0.3) is 0 Å². The summed E-state index contributed by atoms with van der Waals surface area (Å²) >= 11 is 0. The molecule has 0 saturated carbocycles. The summed E-state index contributed by atoms with van der Waals surface area (Å²) in [6.07, 6.45) is 0. The van der Waals surface area contributed by atoms with Crippen molar-refractivity contribution in [2.45, 2.75) is 77.5 Å². The van der Waals surface area contributed by atoms with Crippen LogP contribution in [0.15, 0.2) is 0 Å². The third-order valence-electron chi connectivity index (χ3n) is 4.52. The standard InChI is InChI=1S/2C8H18N2O/c2*1-7(2)5-9-6-8(3,4)10(7)11/h2*9,11H,5-6H2,1-4H3. The summed E-state index contributed by atoms with van der Waals surface area (Å²) in [5.74, 6) is 0. The smallest absolute Gasteiger partial charge is 0.0535 e. The number of hydrogen-bond donors (Lipinski definition) is 4. The van der Waals surface area contributed by atoms with Crippen LogP contribution in [0.4, 0.5) is 0 Å². The SMILES string of the molecule is CC1(C)CNCC(C)(C)N1O.CC1(C)CNCC(C)(C)N1O. The average Bonchev–Trinajstić information content (AvgIpc) is 2.33. The van der Waals surface area contributed by atoms with E-state index in [4.69, 9.17) is 0 Å². The van der Waals surface area contributed by atoms with E-state index in [0.717, 1.165) is 26.2 Å². The molecule has 0 aromatic heterocycles. The lowest BCUT2D eigenvalue weighted by Gasteiger charge is -2.48. The molecule has 0 aromatic carbocycles. The minimum Gasteiger partial charge on any atom is -0.313 e. The van der Waals surface area contributed by atoms with Crippen LogP contribution in [0.2, 0.25) is 0 Å². The average molecular weight is 316 g/mol. The summed E-state index contributed by atoms with van der Waals surface area (Å²) in [5.41, 5.74) is -0.604. The van der Waals surface area contributed by atoms with Gasteiger partial charge >= 0.3 is 0 Å². The van der Waals surface area contributed by atoms with Crippen molar-refractivity contribution in [1.82, 2.24) is 20.8 Å².